The second-order valence-electron chi connectivity index (χ2n) is 9.70. The van der Waals surface area contributed by atoms with Gasteiger partial charge >= 0.3 is 6.09 Å². The molecule has 9 heteroatoms. The second kappa shape index (κ2) is 10.5. The Morgan fingerprint density at radius 1 is 1.12 bits per heavy atom. The highest BCUT2D eigenvalue weighted by molar-refractivity contribution is 7.89. The van der Waals surface area contributed by atoms with Crippen LogP contribution in [0.5, 0.6) is 0 Å². The number of halogens is 1. The summed E-state index contributed by atoms with van der Waals surface area (Å²) < 4.78 is 34.8. The highest BCUT2D eigenvalue weighted by Crippen LogP contribution is 2.43. The van der Waals surface area contributed by atoms with Gasteiger partial charge in [-0.05, 0) is 75.8 Å². The monoisotopic (exact) mass is 497 g/mol. The van der Waals surface area contributed by atoms with Gasteiger partial charge in [0.1, 0.15) is 6.61 Å². The van der Waals surface area contributed by atoms with Gasteiger partial charge in [0.05, 0.1) is 10.9 Å². The molecule has 3 fully saturated rings. The van der Waals surface area contributed by atoms with Crippen molar-refractivity contribution in [3.05, 3.63) is 29.3 Å². The van der Waals surface area contributed by atoms with Crippen molar-refractivity contribution >= 4 is 27.7 Å². The Bertz CT molecular complexity index is 922. The number of ether oxygens (including phenoxy) is 1. The van der Waals surface area contributed by atoms with Crippen molar-refractivity contribution in [2.24, 2.45) is 5.92 Å². The highest BCUT2D eigenvalue weighted by Gasteiger charge is 2.46. The van der Waals surface area contributed by atoms with Crippen molar-refractivity contribution in [1.29, 1.82) is 0 Å². The Balaban J connectivity index is 1.46. The van der Waals surface area contributed by atoms with E-state index in [0.29, 0.717) is 23.9 Å². The molecule has 7 nitrogen and oxygen atoms in total. The molecule has 184 valence electrons. The van der Waals surface area contributed by atoms with Crippen LogP contribution in [-0.4, -0.2) is 79.5 Å². The van der Waals surface area contributed by atoms with Gasteiger partial charge in [0.15, 0.2) is 0 Å². The summed E-state index contributed by atoms with van der Waals surface area (Å²) in [6, 6.07) is 6.06. The van der Waals surface area contributed by atoms with Crippen LogP contribution in [0.1, 0.15) is 52.4 Å². The third kappa shape index (κ3) is 5.66. The third-order valence-corrected chi connectivity index (χ3v) is 9.41. The van der Waals surface area contributed by atoms with Crippen LogP contribution in [-0.2, 0) is 14.8 Å². The number of piperazine rings is 1. The summed E-state index contributed by atoms with van der Waals surface area (Å²) >= 11 is 5.99. The van der Waals surface area contributed by atoms with Crippen LogP contribution in [0, 0.1) is 5.92 Å². The minimum absolute atomic E-state index is 0.0281. The van der Waals surface area contributed by atoms with Crippen LogP contribution in [0.3, 0.4) is 0 Å². The minimum atomic E-state index is -3.72. The van der Waals surface area contributed by atoms with Crippen molar-refractivity contribution in [1.82, 2.24) is 14.1 Å². The molecule has 0 unspecified atom stereocenters. The lowest BCUT2D eigenvalue weighted by Gasteiger charge is -2.42. The standard InChI is InChI=1S/C24H36ClN3O4S/c1-3-13-26-14-15-27(18(2)16-26)24(29)32-17-21-5-4-6-23(19-7-8-19)28(21)33(30,31)22-11-9-20(25)10-12-22/h9-12,18-19,21,23H,3-8,13-17H2,1-2H3/t18-,21+,23-/m0/s1. The first-order valence-corrected chi connectivity index (χ1v) is 14.1. The van der Waals surface area contributed by atoms with Gasteiger partial charge in [-0.25, -0.2) is 13.2 Å². The predicted octanol–water partition coefficient (Wildman–Crippen LogP) is 4.21. The Morgan fingerprint density at radius 2 is 1.85 bits per heavy atom. The van der Waals surface area contributed by atoms with Gasteiger partial charge in [0.2, 0.25) is 10.0 Å². The Morgan fingerprint density at radius 3 is 2.48 bits per heavy atom. The topological polar surface area (TPSA) is 70.2 Å². The number of benzene rings is 1. The van der Waals surface area contributed by atoms with Crippen LogP contribution < -0.4 is 0 Å². The molecule has 3 aliphatic rings. The number of carbonyl (C=O) groups is 1. The molecular formula is C24H36ClN3O4S. The molecule has 1 amide bonds. The van der Waals surface area contributed by atoms with Crippen LogP contribution in [0.4, 0.5) is 4.79 Å². The van der Waals surface area contributed by atoms with Gasteiger partial charge in [-0.3, -0.25) is 4.90 Å². The van der Waals surface area contributed by atoms with Crippen molar-refractivity contribution in [3.63, 3.8) is 0 Å². The fourth-order valence-corrected chi connectivity index (χ4v) is 7.39. The number of carbonyl (C=O) groups excluding carboxylic acids is 1. The molecule has 3 atom stereocenters. The third-order valence-electron chi connectivity index (χ3n) is 7.16. The normalized spacial score (nSPS) is 27.5. The summed E-state index contributed by atoms with van der Waals surface area (Å²) in [5.74, 6) is 0.400. The molecule has 1 saturated carbocycles. The number of sulfonamides is 1. The molecule has 1 aliphatic carbocycles. The van der Waals surface area contributed by atoms with Crippen molar-refractivity contribution in [2.75, 3.05) is 32.8 Å². The zero-order valence-corrected chi connectivity index (χ0v) is 21.2. The molecule has 0 spiro atoms. The Kier molecular flexibility index (Phi) is 7.88. The number of rotatable bonds is 7. The quantitative estimate of drug-likeness (QED) is 0.564. The molecule has 2 saturated heterocycles. The summed E-state index contributed by atoms with van der Waals surface area (Å²) in [4.78, 5) is 17.3. The van der Waals surface area contributed by atoms with Crippen molar-refractivity contribution in [3.8, 4) is 0 Å². The summed E-state index contributed by atoms with van der Waals surface area (Å²) in [6.07, 6.45) is 5.38. The molecule has 1 aromatic carbocycles. The van der Waals surface area contributed by atoms with Crippen LogP contribution in [0.25, 0.3) is 0 Å². The fraction of sp³-hybridized carbons (Fsp3) is 0.708. The molecule has 0 bridgehead atoms. The lowest BCUT2D eigenvalue weighted by Crippen LogP contribution is -2.55. The average Bonchev–Trinajstić information content (AvgIpc) is 3.63. The zero-order valence-electron chi connectivity index (χ0n) is 19.7. The van der Waals surface area contributed by atoms with Crippen molar-refractivity contribution < 1.29 is 17.9 Å². The molecule has 2 heterocycles. The molecule has 0 radical (unpaired) electrons. The van der Waals surface area contributed by atoms with Gasteiger partial charge < -0.3 is 9.64 Å². The summed E-state index contributed by atoms with van der Waals surface area (Å²) in [7, 11) is -3.72. The lowest BCUT2D eigenvalue weighted by molar-refractivity contribution is 0.0311. The van der Waals surface area contributed by atoms with Gasteiger partial charge in [0.25, 0.3) is 0 Å². The largest absolute Gasteiger partial charge is 0.448 e. The highest BCUT2D eigenvalue weighted by atomic mass is 35.5. The van der Waals surface area contributed by atoms with Crippen LogP contribution >= 0.6 is 11.6 Å². The first kappa shape index (κ1) is 24.8. The van der Waals surface area contributed by atoms with Gasteiger partial charge in [-0.1, -0.05) is 24.9 Å². The SMILES string of the molecule is CCCN1CCN(C(=O)OC[C@H]2CCC[C@@H](C3CC3)N2S(=O)(=O)c2ccc(Cl)cc2)[C@@H](C)C1. The van der Waals surface area contributed by atoms with Crippen LogP contribution in [0.15, 0.2) is 29.2 Å². The van der Waals surface area contributed by atoms with E-state index in [1.165, 1.54) is 0 Å². The summed E-state index contributed by atoms with van der Waals surface area (Å²) in [6.45, 7) is 7.66. The lowest BCUT2D eigenvalue weighted by atomic mass is 9.96. The zero-order chi connectivity index (χ0) is 23.6. The molecule has 33 heavy (non-hydrogen) atoms. The van der Waals surface area contributed by atoms with E-state index >= 15 is 0 Å². The number of piperidine rings is 1. The van der Waals surface area contributed by atoms with Gasteiger partial charge in [0, 0.05) is 36.7 Å². The molecule has 4 rings (SSSR count). The second-order valence-corrected chi connectivity index (χ2v) is 12.0. The molecular weight excluding hydrogens is 462 g/mol. The van der Waals surface area contributed by atoms with E-state index in [1.807, 2.05) is 6.92 Å². The average molecular weight is 498 g/mol. The molecule has 1 aromatic rings. The first-order chi connectivity index (χ1) is 15.8. The fourth-order valence-electron chi connectivity index (χ4n) is 5.35. The smallest absolute Gasteiger partial charge is 0.410 e. The number of hydrogen-bond acceptors (Lipinski definition) is 5. The maximum absolute atomic E-state index is 13.7. The van der Waals surface area contributed by atoms with E-state index in [4.69, 9.17) is 16.3 Å². The summed E-state index contributed by atoms with van der Waals surface area (Å²) in [5.41, 5.74) is 0. The number of nitrogens with zero attached hydrogens (tertiary/aromatic N) is 3. The van der Waals surface area contributed by atoms with E-state index in [1.54, 1.807) is 33.5 Å². The number of hydrogen-bond donors (Lipinski definition) is 0. The van der Waals surface area contributed by atoms with E-state index in [-0.39, 0.29) is 35.7 Å². The molecule has 2 aliphatic heterocycles. The number of amides is 1. The van der Waals surface area contributed by atoms with E-state index < -0.39 is 10.0 Å². The van der Waals surface area contributed by atoms with E-state index in [2.05, 4.69) is 11.8 Å². The van der Waals surface area contributed by atoms with Crippen LogP contribution in [0.2, 0.25) is 5.02 Å². The van der Waals surface area contributed by atoms with Gasteiger partial charge in [-0.15, -0.1) is 0 Å². The van der Waals surface area contributed by atoms with E-state index in [9.17, 15) is 13.2 Å². The minimum Gasteiger partial charge on any atom is -0.448 e. The Labute approximate surface area is 203 Å². The molecule has 0 aromatic heterocycles. The Hall–Kier alpha value is -1.35. The van der Waals surface area contributed by atoms with Crippen molar-refractivity contribution in [2.45, 2.75) is 75.4 Å². The van der Waals surface area contributed by atoms with E-state index in [0.717, 1.165) is 51.7 Å². The molecule has 0 N–H and O–H groups in total. The predicted molar refractivity (Wildman–Crippen MR) is 129 cm³/mol. The first-order valence-electron chi connectivity index (χ1n) is 12.3. The maximum Gasteiger partial charge on any atom is 0.410 e. The summed E-state index contributed by atoms with van der Waals surface area (Å²) in [5, 5.41) is 0.505. The maximum atomic E-state index is 13.7. The van der Waals surface area contributed by atoms with Gasteiger partial charge in [-0.2, -0.15) is 4.31 Å².